The molecule has 7 amide bonds. The summed E-state index contributed by atoms with van der Waals surface area (Å²) in [5, 5.41) is 9.99. The molecule has 2 aromatic rings. The number of likely N-dealkylation sites (N-methyl/N-ethyl adjacent to an activating group) is 5. The monoisotopic (exact) mass is 945 g/mol. The second kappa shape index (κ2) is 24.8. The zero-order chi connectivity index (χ0) is 50.7. The first-order chi connectivity index (χ1) is 32.2. The molecule has 3 heterocycles. The zero-order valence-electron chi connectivity index (χ0n) is 43.0. The van der Waals surface area contributed by atoms with Crippen LogP contribution in [0.3, 0.4) is 0 Å². The molecule has 68 heavy (non-hydrogen) atoms. The molecule has 0 spiro atoms. The fourth-order valence-corrected chi connectivity index (χ4v) is 10.3. The van der Waals surface area contributed by atoms with E-state index < -0.39 is 65.8 Å². The fourth-order valence-electron chi connectivity index (χ4n) is 10.3. The molecule has 9 unspecified atom stereocenters. The van der Waals surface area contributed by atoms with Gasteiger partial charge in [0, 0.05) is 67.1 Å². The van der Waals surface area contributed by atoms with Crippen LogP contribution in [0.25, 0.3) is 0 Å². The highest BCUT2D eigenvalue weighted by molar-refractivity contribution is 5.99. The molecule has 2 aliphatic rings. The number of aliphatic hydroxyl groups excluding tert-OH is 1. The molecule has 0 saturated carbocycles. The van der Waals surface area contributed by atoms with E-state index in [2.05, 4.69) is 4.98 Å². The number of nitrogens with zero attached hydrogens (tertiary/aromatic N) is 8. The Balaban J connectivity index is 1.62. The third-order valence-corrected chi connectivity index (χ3v) is 14.6. The zero-order valence-corrected chi connectivity index (χ0v) is 43.0. The smallest absolute Gasteiger partial charge is 0.255 e. The number of amides is 7. The molecular formula is C52H80N8O8. The van der Waals surface area contributed by atoms with Crippen molar-refractivity contribution in [1.82, 2.24) is 39.3 Å². The van der Waals surface area contributed by atoms with Crippen LogP contribution < -0.4 is 0 Å². The number of hydrogen-bond donors (Lipinski definition) is 1. The average molecular weight is 945 g/mol. The number of carbonyl (C=O) groups excluding carboxylic acids is 7. The summed E-state index contributed by atoms with van der Waals surface area (Å²) in [7, 11) is 7.91. The first-order valence-electron chi connectivity index (χ1n) is 24.7. The van der Waals surface area contributed by atoms with Crippen molar-refractivity contribution in [3.8, 4) is 0 Å². The molecule has 376 valence electrons. The summed E-state index contributed by atoms with van der Waals surface area (Å²) >= 11 is 0. The Hall–Kier alpha value is -5.38. The van der Waals surface area contributed by atoms with E-state index in [9.17, 15) is 33.9 Å². The minimum absolute atomic E-state index is 0.157. The van der Waals surface area contributed by atoms with Crippen molar-refractivity contribution in [1.29, 1.82) is 0 Å². The molecular weight excluding hydrogens is 865 g/mol. The molecule has 0 radical (unpaired) electrons. The van der Waals surface area contributed by atoms with Crippen LogP contribution in [0.5, 0.6) is 0 Å². The number of likely N-dealkylation sites (tertiary alicyclic amines) is 2. The number of pyridine rings is 1. The summed E-state index contributed by atoms with van der Waals surface area (Å²) in [6, 6.07) is 6.73. The van der Waals surface area contributed by atoms with Gasteiger partial charge in [0.05, 0.1) is 18.2 Å². The molecule has 16 heteroatoms. The lowest BCUT2D eigenvalue weighted by atomic mass is 9.92. The topological polar surface area (TPSA) is 175 Å². The third-order valence-electron chi connectivity index (χ3n) is 14.6. The van der Waals surface area contributed by atoms with Crippen molar-refractivity contribution in [3.05, 3.63) is 66.0 Å². The van der Waals surface area contributed by atoms with E-state index in [0.29, 0.717) is 44.2 Å². The predicted octanol–water partition coefficient (Wildman–Crippen LogP) is 4.45. The standard InChI is InChI=1S/C52H80N8O8/c1-14-35(7)44(50(66)55(10)42(33(3)4)49(65)56(11)43(34(5)6)51(67)59-28-20-25-39(59)32-61)57(12)47(63)40-26-21-29-60(40)52(68)45(36(8)15-2)58(13)48(64)41(30-37-22-17-16-18-23-37)54(9)46(62)38-24-19-27-53-31-38/h16-19,22-24,27,31,33-36,39-45,61H,14-15,20-21,25-26,28-30,32H2,1-13H3. The van der Waals surface area contributed by atoms with E-state index in [-0.39, 0.29) is 61.1 Å². The molecule has 1 aromatic heterocycles. The second-order valence-electron chi connectivity index (χ2n) is 19.9. The van der Waals surface area contributed by atoms with E-state index in [1.165, 1.54) is 30.7 Å². The Labute approximate surface area is 405 Å². The normalized spacial score (nSPS) is 19.1. The number of aromatic nitrogens is 1. The van der Waals surface area contributed by atoms with Gasteiger partial charge in [0.2, 0.25) is 35.4 Å². The van der Waals surface area contributed by atoms with Gasteiger partial charge in [0.1, 0.15) is 36.3 Å². The van der Waals surface area contributed by atoms with Crippen LogP contribution in [0.2, 0.25) is 0 Å². The van der Waals surface area contributed by atoms with Gasteiger partial charge < -0.3 is 39.4 Å². The van der Waals surface area contributed by atoms with Gasteiger partial charge >= 0.3 is 0 Å². The fraction of sp³-hybridized carbons (Fsp3) is 0.654. The molecule has 4 rings (SSSR count). The van der Waals surface area contributed by atoms with Crippen molar-refractivity contribution < 1.29 is 38.7 Å². The third kappa shape index (κ3) is 12.3. The highest BCUT2D eigenvalue weighted by Crippen LogP contribution is 2.30. The Morgan fingerprint density at radius 2 is 1.16 bits per heavy atom. The summed E-state index contributed by atoms with van der Waals surface area (Å²) in [6.45, 7) is 15.7. The highest BCUT2D eigenvalue weighted by Gasteiger charge is 2.47. The maximum Gasteiger partial charge on any atom is 0.255 e. The molecule has 0 aliphatic carbocycles. The minimum Gasteiger partial charge on any atom is -0.394 e. The summed E-state index contributed by atoms with van der Waals surface area (Å²) < 4.78 is 0. The van der Waals surface area contributed by atoms with E-state index in [1.807, 2.05) is 85.7 Å². The highest BCUT2D eigenvalue weighted by atomic mass is 16.3. The molecule has 16 nitrogen and oxygen atoms in total. The Morgan fingerprint density at radius 1 is 0.632 bits per heavy atom. The van der Waals surface area contributed by atoms with Gasteiger partial charge in [0.15, 0.2) is 0 Å². The lowest BCUT2D eigenvalue weighted by molar-refractivity contribution is -0.158. The number of aliphatic hydroxyl groups is 1. The Bertz CT molecular complexity index is 2040. The van der Waals surface area contributed by atoms with E-state index >= 15 is 4.79 Å². The molecule has 9 atom stereocenters. The first kappa shape index (κ1) is 55.2. The quantitative estimate of drug-likeness (QED) is 0.190. The van der Waals surface area contributed by atoms with Gasteiger partial charge in [-0.15, -0.1) is 0 Å². The van der Waals surface area contributed by atoms with Crippen molar-refractivity contribution in [2.24, 2.45) is 23.7 Å². The Morgan fingerprint density at radius 3 is 1.72 bits per heavy atom. The average Bonchev–Trinajstić information content (AvgIpc) is 4.03. The van der Waals surface area contributed by atoms with Crippen LogP contribution in [0.1, 0.15) is 110 Å². The molecule has 2 fully saturated rings. The number of hydrogen-bond acceptors (Lipinski definition) is 9. The van der Waals surface area contributed by atoms with Gasteiger partial charge in [-0.3, -0.25) is 38.5 Å². The second-order valence-corrected chi connectivity index (χ2v) is 19.9. The summed E-state index contributed by atoms with van der Waals surface area (Å²) in [5.41, 5.74) is 1.16. The minimum atomic E-state index is -0.993. The van der Waals surface area contributed by atoms with Crippen LogP contribution in [-0.2, 0) is 35.2 Å². The summed E-state index contributed by atoms with van der Waals surface area (Å²) in [4.78, 5) is 116. The van der Waals surface area contributed by atoms with Crippen LogP contribution >= 0.6 is 0 Å². The predicted molar refractivity (Wildman–Crippen MR) is 262 cm³/mol. The number of benzene rings is 1. The molecule has 1 N–H and O–H groups in total. The molecule has 0 bridgehead atoms. The Kier molecular flexibility index (Phi) is 20.1. The van der Waals surface area contributed by atoms with Crippen molar-refractivity contribution in [2.45, 2.75) is 143 Å². The van der Waals surface area contributed by atoms with Gasteiger partial charge in [-0.2, -0.15) is 0 Å². The van der Waals surface area contributed by atoms with Gasteiger partial charge in [-0.1, -0.05) is 98.6 Å². The van der Waals surface area contributed by atoms with Crippen molar-refractivity contribution >= 4 is 41.4 Å². The lowest BCUT2D eigenvalue weighted by Crippen LogP contribution is -2.62. The summed E-state index contributed by atoms with van der Waals surface area (Å²) in [5.74, 6) is -3.97. The van der Waals surface area contributed by atoms with Gasteiger partial charge in [-0.05, 0) is 67.1 Å². The molecule has 2 saturated heterocycles. The van der Waals surface area contributed by atoms with Crippen molar-refractivity contribution in [3.63, 3.8) is 0 Å². The van der Waals surface area contributed by atoms with Crippen molar-refractivity contribution in [2.75, 3.05) is 54.9 Å². The van der Waals surface area contributed by atoms with Crippen LogP contribution in [0.4, 0.5) is 0 Å². The largest absolute Gasteiger partial charge is 0.394 e. The summed E-state index contributed by atoms with van der Waals surface area (Å²) in [6.07, 6.45) is 6.63. The van der Waals surface area contributed by atoms with Gasteiger partial charge in [0.25, 0.3) is 5.91 Å². The SMILES string of the molecule is CCC(C)C(C(=O)N1CCCC1C(=O)N(C)C(C(=O)N(C)C(C(=O)N(C)C(C(=O)N1CCCC1CO)C(C)C)C(C)C)C(C)CC)N(C)C(=O)C(Cc1ccccc1)N(C)C(=O)c1cccnc1. The molecule has 1 aromatic carbocycles. The maximum absolute atomic E-state index is 15.0. The number of rotatable bonds is 21. The van der Waals surface area contributed by atoms with E-state index in [1.54, 1.807) is 63.4 Å². The van der Waals surface area contributed by atoms with Crippen LogP contribution in [0.15, 0.2) is 54.9 Å². The molecule has 2 aliphatic heterocycles. The van der Waals surface area contributed by atoms with E-state index in [0.717, 1.165) is 12.0 Å². The lowest BCUT2D eigenvalue weighted by Gasteiger charge is -2.42. The maximum atomic E-state index is 15.0. The van der Waals surface area contributed by atoms with Crippen LogP contribution in [0, 0.1) is 23.7 Å². The van der Waals surface area contributed by atoms with E-state index in [4.69, 9.17) is 0 Å². The first-order valence-corrected chi connectivity index (χ1v) is 24.7. The number of carbonyl (C=O) groups is 7. The van der Waals surface area contributed by atoms with Crippen LogP contribution in [-0.4, -0.2) is 183 Å². The van der Waals surface area contributed by atoms with Gasteiger partial charge in [-0.25, -0.2) is 0 Å².